The number of hydrogen-bond acceptors (Lipinski definition) is 3. The summed E-state index contributed by atoms with van der Waals surface area (Å²) >= 11 is 0. The van der Waals surface area contributed by atoms with Crippen molar-refractivity contribution in [1.82, 2.24) is 15.6 Å². The summed E-state index contributed by atoms with van der Waals surface area (Å²) in [7, 11) is 0. The van der Waals surface area contributed by atoms with Crippen LogP contribution in [0.2, 0.25) is 0 Å². The van der Waals surface area contributed by atoms with E-state index in [4.69, 9.17) is 4.74 Å². The maximum Gasteiger partial charge on any atom is 0.0623 e. The van der Waals surface area contributed by atoms with Gasteiger partial charge in [0.05, 0.1) is 18.7 Å². The molecule has 4 rings (SSSR count). The van der Waals surface area contributed by atoms with Crippen LogP contribution >= 0.6 is 12.4 Å². The Morgan fingerprint density at radius 2 is 2.04 bits per heavy atom. The first-order chi connectivity index (χ1) is 12.1. The number of morpholine rings is 1. The average Bonchev–Trinajstić information content (AvgIpc) is 3.20. The molecule has 0 radical (unpaired) electrons. The highest BCUT2D eigenvalue weighted by atomic mass is 35.5. The Morgan fingerprint density at radius 3 is 2.81 bits per heavy atom. The van der Waals surface area contributed by atoms with Crippen LogP contribution in [0.1, 0.15) is 41.6 Å². The highest BCUT2D eigenvalue weighted by Gasteiger charge is 2.34. The highest BCUT2D eigenvalue weighted by Crippen LogP contribution is 2.31. The van der Waals surface area contributed by atoms with E-state index in [1.54, 1.807) is 0 Å². The molecule has 3 atom stereocenters. The van der Waals surface area contributed by atoms with E-state index in [1.807, 2.05) is 0 Å². The van der Waals surface area contributed by atoms with Crippen LogP contribution in [-0.2, 0) is 11.3 Å². The molecule has 1 aliphatic carbocycles. The Labute approximate surface area is 162 Å². The summed E-state index contributed by atoms with van der Waals surface area (Å²) in [5, 5.41) is 8.92. The number of fused-ring (bicyclic) bond motifs is 1. The van der Waals surface area contributed by atoms with Crippen molar-refractivity contribution >= 4 is 23.3 Å². The van der Waals surface area contributed by atoms with Crippen molar-refractivity contribution in [2.75, 3.05) is 19.8 Å². The molecule has 3 N–H and O–H groups in total. The van der Waals surface area contributed by atoms with E-state index in [9.17, 15) is 0 Å². The van der Waals surface area contributed by atoms with Gasteiger partial charge in [-0.25, -0.2) is 0 Å². The maximum absolute atomic E-state index is 5.70. The van der Waals surface area contributed by atoms with E-state index in [2.05, 4.69) is 48.5 Å². The standard InChI is InChI=1S/C21H31N3O.ClH/c1-13-9-16(21-18(10-13)14(2)15(3)24-21)11-23-19-6-4-5-17(19)20-12-25-8-7-22-20;/h9-10,17,19-20,22-24H,4-8,11-12H2,1-3H3;1H. The van der Waals surface area contributed by atoms with Crippen LogP contribution in [0.25, 0.3) is 10.9 Å². The number of aromatic amines is 1. The van der Waals surface area contributed by atoms with E-state index >= 15 is 0 Å². The van der Waals surface area contributed by atoms with Crippen molar-refractivity contribution in [3.05, 3.63) is 34.5 Å². The molecule has 0 amide bonds. The predicted octanol–water partition coefficient (Wildman–Crippen LogP) is 3.76. The number of rotatable bonds is 4. The van der Waals surface area contributed by atoms with Crippen molar-refractivity contribution < 1.29 is 4.74 Å². The number of nitrogens with one attached hydrogen (secondary N) is 3. The monoisotopic (exact) mass is 377 g/mol. The smallest absolute Gasteiger partial charge is 0.0623 e. The fourth-order valence-electron chi connectivity index (χ4n) is 4.75. The van der Waals surface area contributed by atoms with Crippen molar-refractivity contribution in [2.24, 2.45) is 5.92 Å². The molecule has 3 unspecified atom stereocenters. The molecular formula is C21H32ClN3O. The molecular weight excluding hydrogens is 346 g/mol. The van der Waals surface area contributed by atoms with Gasteiger partial charge < -0.3 is 20.4 Å². The summed E-state index contributed by atoms with van der Waals surface area (Å²) in [5.74, 6) is 0.688. The molecule has 2 aliphatic rings. The molecule has 1 aliphatic heterocycles. The zero-order valence-electron chi connectivity index (χ0n) is 16.2. The lowest BCUT2D eigenvalue weighted by molar-refractivity contribution is 0.0524. The van der Waals surface area contributed by atoms with Gasteiger partial charge in [-0.15, -0.1) is 12.4 Å². The van der Waals surface area contributed by atoms with Gasteiger partial charge in [0.25, 0.3) is 0 Å². The summed E-state index contributed by atoms with van der Waals surface area (Å²) in [4.78, 5) is 3.60. The molecule has 0 bridgehead atoms. The van der Waals surface area contributed by atoms with E-state index in [0.717, 1.165) is 26.3 Å². The van der Waals surface area contributed by atoms with Crippen molar-refractivity contribution in [2.45, 2.75) is 58.7 Å². The second-order valence-electron chi connectivity index (χ2n) is 7.94. The van der Waals surface area contributed by atoms with Crippen LogP contribution in [0.3, 0.4) is 0 Å². The second-order valence-corrected chi connectivity index (χ2v) is 7.94. The summed E-state index contributed by atoms with van der Waals surface area (Å²) in [6.45, 7) is 10.2. The van der Waals surface area contributed by atoms with Gasteiger partial charge >= 0.3 is 0 Å². The van der Waals surface area contributed by atoms with Gasteiger partial charge in [-0.3, -0.25) is 0 Å². The first-order valence-electron chi connectivity index (χ1n) is 9.76. The van der Waals surface area contributed by atoms with E-state index < -0.39 is 0 Å². The SMILES string of the molecule is Cc1cc(CNC2CCCC2C2COCCN2)c2[nH]c(C)c(C)c2c1.Cl. The quantitative estimate of drug-likeness (QED) is 0.760. The Bertz CT molecular complexity index is 751. The zero-order chi connectivity index (χ0) is 17.4. The van der Waals surface area contributed by atoms with E-state index in [-0.39, 0.29) is 12.4 Å². The maximum atomic E-state index is 5.70. The molecule has 5 heteroatoms. The van der Waals surface area contributed by atoms with E-state index in [1.165, 1.54) is 52.5 Å². The summed E-state index contributed by atoms with van der Waals surface area (Å²) < 4.78 is 5.70. The van der Waals surface area contributed by atoms with Gasteiger partial charge in [0.15, 0.2) is 0 Å². The lowest BCUT2D eigenvalue weighted by Crippen LogP contribution is -2.50. The molecule has 1 saturated carbocycles. The van der Waals surface area contributed by atoms with Gasteiger partial charge in [0, 0.05) is 36.3 Å². The number of halogens is 1. The first-order valence-corrected chi connectivity index (χ1v) is 9.76. The minimum atomic E-state index is 0. The Morgan fingerprint density at radius 1 is 1.19 bits per heavy atom. The highest BCUT2D eigenvalue weighted by molar-refractivity contribution is 5.87. The summed E-state index contributed by atoms with van der Waals surface area (Å²) in [6.07, 6.45) is 3.91. The third-order valence-electron chi connectivity index (χ3n) is 6.23. The van der Waals surface area contributed by atoms with Gasteiger partial charge in [-0.1, -0.05) is 18.1 Å². The van der Waals surface area contributed by atoms with Crippen LogP contribution in [0.15, 0.2) is 12.1 Å². The van der Waals surface area contributed by atoms with Gasteiger partial charge in [-0.05, 0) is 56.7 Å². The molecule has 2 heterocycles. The van der Waals surface area contributed by atoms with Crippen molar-refractivity contribution in [1.29, 1.82) is 0 Å². The zero-order valence-corrected chi connectivity index (χ0v) is 17.0. The first kappa shape index (κ1) is 19.7. The topological polar surface area (TPSA) is 49.1 Å². The number of benzene rings is 1. The van der Waals surface area contributed by atoms with Crippen LogP contribution < -0.4 is 10.6 Å². The number of hydrogen-bond donors (Lipinski definition) is 3. The molecule has 144 valence electrons. The second kappa shape index (κ2) is 8.30. The number of aryl methyl sites for hydroxylation is 3. The van der Waals surface area contributed by atoms with Crippen LogP contribution in [-0.4, -0.2) is 36.8 Å². The molecule has 2 fully saturated rings. The van der Waals surface area contributed by atoms with Gasteiger partial charge in [0.1, 0.15) is 0 Å². The molecule has 1 aromatic carbocycles. The predicted molar refractivity (Wildman–Crippen MR) is 110 cm³/mol. The Kier molecular flexibility index (Phi) is 6.29. The van der Waals surface area contributed by atoms with Crippen LogP contribution in [0, 0.1) is 26.7 Å². The van der Waals surface area contributed by atoms with Crippen LogP contribution in [0.4, 0.5) is 0 Å². The number of aromatic nitrogens is 1. The fourth-order valence-corrected chi connectivity index (χ4v) is 4.75. The Hall–Kier alpha value is -1.07. The largest absolute Gasteiger partial charge is 0.379 e. The summed E-state index contributed by atoms with van der Waals surface area (Å²) in [5.41, 5.74) is 6.70. The van der Waals surface area contributed by atoms with E-state index in [0.29, 0.717) is 18.0 Å². The molecule has 1 aromatic heterocycles. The number of ether oxygens (including phenoxy) is 1. The van der Waals surface area contributed by atoms with Crippen LogP contribution in [0.5, 0.6) is 0 Å². The normalized spacial score (nSPS) is 26.2. The lowest BCUT2D eigenvalue weighted by atomic mass is 9.93. The third kappa shape index (κ3) is 3.79. The minimum absolute atomic E-state index is 0. The van der Waals surface area contributed by atoms with Crippen molar-refractivity contribution in [3.8, 4) is 0 Å². The average molecular weight is 378 g/mol. The van der Waals surface area contributed by atoms with Crippen molar-refractivity contribution in [3.63, 3.8) is 0 Å². The lowest BCUT2D eigenvalue weighted by Gasteiger charge is -2.33. The van der Waals surface area contributed by atoms with Gasteiger partial charge in [0.2, 0.25) is 0 Å². The molecule has 4 nitrogen and oxygen atoms in total. The summed E-state index contributed by atoms with van der Waals surface area (Å²) in [6, 6.07) is 5.74. The molecule has 0 spiro atoms. The molecule has 26 heavy (non-hydrogen) atoms. The van der Waals surface area contributed by atoms with Gasteiger partial charge in [-0.2, -0.15) is 0 Å². The molecule has 2 aromatic rings. The molecule has 1 saturated heterocycles. The minimum Gasteiger partial charge on any atom is -0.379 e. The fraction of sp³-hybridized carbons (Fsp3) is 0.619. The Balaban J connectivity index is 0.00000196. The third-order valence-corrected chi connectivity index (χ3v) is 6.23. The number of H-pyrrole nitrogens is 1.